The van der Waals surface area contributed by atoms with Gasteiger partial charge in [0.25, 0.3) is 5.91 Å². The van der Waals surface area contributed by atoms with E-state index in [1.165, 1.54) is 10.0 Å². The molecule has 1 aromatic heterocycles. The first-order valence-electron chi connectivity index (χ1n) is 6.76. The molecule has 0 aliphatic carbocycles. The molecule has 0 atom stereocenters. The Morgan fingerprint density at radius 2 is 2.15 bits per heavy atom. The molecule has 2 heterocycles. The van der Waals surface area contributed by atoms with Crippen LogP contribution in [-0.2, 0) is 9.53 Å². The third-order valence-electron chi connectivity index (χ3n) is 3.07. The molecule has 0 N–H and O–H groups in total. The second-order valence-corrected chi connectivity index (χ2v) is 4.57. The quantitative estimate of drug-likeness (QED) is 0.753. The van der Waals surface area contributed by atoms with Crippen molar-refractivity contribution >= 4 is 11.8 Å². The standard InChI is InChI=1S/C13H19N3O4/c1-3-19-8-5-12(17)15-6-4-7-16(15)13(18)11-9-10(2)20-14-11/h9H,3-8H2,1-2H3. The third-order valence-corrected chi connectivity index (χ3v) is 3.07. The molecule has 1 aromatic rings. The Labute approximate surface area is 117 Å². The normalized spacial score (nSPS) is 14.9. The van der Waals surface area contributed by atoms with Gasteiger partial charge in [-0.25, -0.2) is 5.01 Å². The van der Waals surface area contributed by atoms with Crippen LogP contribution in [-0.4, -0.2) is 53.3 Å². The second kappa shape index (κ2) is 6.51. The Balaban J connectivity index is 1.99. The average Bonchev–Trinajstić information content (AvgIpc) is 3.06. The molecule has 2 amide bonds. The minimum absolute atomic E-state index is 0.107. The highest BCUT2D eigenvalue weighted by molar-refractivity contribution is 5.94. The molecule has 0 radical (unpaired) electrons. The van der Waals surface area contributed by atoms with Gasteiger partial charge in [0.1, 0.15) is 5.76 Å². The van der Waals surface area contributed by atoms with E-state index in [0.717, 1.165) is 6.42 Å². The van der Waals surface area contributed by atoms with Gasteiger partial charge >= 0.3 is 0 Å². The lowest BCUT2D eigenvalue weighted by atomic mass is 10.3. The molecule has 0 saturated carbocycles. The number of ether oxygens (including phenoxy) is 1. The van der Waals surface area contributed by atoms with Gasteiger partial charge in [-0.2, -0.15) is 0 Å². The van der Waals surface area contributed by atoms with Gasteiger partial charge < -0.3 is 9.26 Å². The third kappa shape index (κ3) is 3.16. The summed E-state index contributed by atoms with van der Waals surface area (Å²) in [4.78, 5) is 24.4. The number of rotatable bonds is 5. The summed E-state index contributed by atoms with van der Waals surface area (Å²) in [6.45, 7) is 5.62. The summed E-state index contributed by atoms with van der Waals surface area (Å²) in [5.74, 6) is 0.162. The van der Waals surface area contributed by atoms with Gasteiger partial charge in [0.15, 0.2) is 5.69 Å². The molecule has 1 saturated heterocycles. The van der Waals surface area contributed by atoms with Gasteiger partial charge in [-0.15, -0.1) is 0 Å². The molecule has 1 aliphatic rings. The van der Waals surface area contributed by atoms with Crippen LogP contribution in [0, 0.1) is 6.92 Å². The summed E-state index contributed by atoms with van der Waals surface area (Å²) in [6, 6.07) is 1.57. The number of hydrogen-bond donors (Lipinski definition) is 0. The molecule has 110 valence electrons. The summed E-state index contributed by atoms with van der Waals surface area (Å²) < 4.78 is 10.1. The minimum Gasteiger partial charge on any atom is -0.381 e. The zero-order valence-corrected chi connectivity index (χ0v) is 11.8. The predicted octanol–water partition coefficient (Wildman–Crippen LogP) is 0.999. The molecular weight excluding hydrogens is 262 g/mol. The van der Waals surface area contributed by atoms with Crippen LogP contribution < -0.4 is 0 Å². The van der Waals surface area contributed by atoms with Crippen molar-refractivity contribution in [2.24, 2.45) is 0 Å². The fourth-order valence-electron chi connectivity index (χ4n) is 2.11. The molecule has 2 rings (SSSR count). The number of hydrogen-bond acceptors (Lipinski definition) is 5. The van der Waals surface area contributed by atoms with E-state index >= 15 is 0 Å². The molecule has 0 unspecified atom stereocenters. The lowest BCUT2D eigenvalue weighted by Gasteiger charge is -2.27. The van der Waals surface area contributed by atoms with Crippen LogP contribution >= 0.6 is 0 Å². The first kappa shape index (κ1) is 14.5. The number of hydrazine groups is 1. The zero-order chi connectivity index (χ0) is 14.5. The molecule has 0 spiro atoms. The van der Waals surface area contributed by atoms with E-state index in [4.69, 9.17) is 9.26 Å². The summed E-state index contributed by atoms with van der Waals surface area (Å²) in [6.07, 6.45) is 1.04. The van der Waals surface area contributed by atoms with E-state index in [2.05, 4.69) is 5.16 Å². The fourth-order valence-corrected chi connectivity index (χ4v) is 2.11. The highest BCUT2D eigenvalue weighted by atomic mass is 16.5. The maximum atomic E-state index is 12.3. The molecule has 20 heavy (non-hydrogen) atoms. The maximum absolute atomic E-state index is 12.3. The van der Waals surface area contributed by atoms with Crippen LogP contribution in [0.3, 0.4) is 0 Å². The number of aromatic nitrogens is 1. The van der Waals surface area contributed by atoms with Crippen molar-refractivity contribution in [1.29, 1.82) is 0 Å². The van der Waals surface area contributed by atoms with Gasteiger partial charge in [-0.3, -0.25) is 14.6 Å². The summed E-state index contributed by atoms with van der Waals surface area (Å²) in [5.41, 5.74) is 0.229. The number of carbonyl (C=O) groups is 2. The van der Waals surface area contributed by atoms with Crippen LogP contribution in [0.2, 0.25) is 0 Å². The Bertz CT molecular complexity index is 486. The Kier molecular flexibility index (Phi) is 4.73. The van der Waals surface area contributed by atoms with Crippen LogP contribution in [0.1, 0.15) is 36.0 Å². The highest BCUT2D eigenvalue weighted by Gasteiger charge is 2.32. The Morgan fingerprint density at radius 1 is 1.40 bits per heavy atom. The fraction of sp³-hybridized carbons (Fsp3) is 0.615. The zero-order valence-electron chi connectivity index (χ0n) is 11.8. The van der Waals surface area contributed by atoms with Crippen molar-refractivity contribution < 1.29 is 18.8 Å². The van der Waals surface area contributed by atoms with Gasteiger partial charge in [0.2, 0.25) is 5.91 Å². The molecule has 7 nitrogen and oxygen atoms in total. The minimum atomic E-state index is -0.302. The lowest BCUT2D eigenvalue weighted by molar-refractivity contribution is -0.141. The van der Waals surface area contributed by atoms with Crippen LogP contribution in [0.25, 0.3) is 0 Å². The molecular formula is C13H19N3O4. The van der Waals surface area contributed by atoms with Gasteiger partial charge in [0, 0.05) is 25.8 Å². The summed E-state index contributed by atoms with van der Waals surface area (Å²) >= 11 is 0. The average molecular weight is 281 g/mol. The van der Waals surface area contributed by atoms with Crippen molar-refractivity contribution in [2.45, 2.75) is 26.7 Å². The van der Waals surface area contributed by atoms with Crippen molar-refractivity contribution in [1.82, 2.24) is 15.2 Å². The largest absolute Gasteiger partial charge is 0.381 e. The van der Waals surface area contributed by atoms with Gasteiger partial charge in [-0.05, 0) is 20.3 Å². The van der Waals surface area contributed by atoms with Crippen molar-refractivity contribution in [2.75, 3.05) is 26.3 Å². The monoisotopic (exact) mass is 281 g/mol. The van der Waals surface area contributed by atoms with Crippen LogP contribution in [0.4, 0.5) is 0 Å². The van der Waals surface area contributed by atoms with E-state index < -0.39 is 0 Å². The number of amides is 2. The Hall–Kier alpha value is -1.89. The van der Waals surface area contributed by atoms with Gasteiger partial charge in [-0.1, -0.05) is 5.16 Å². The molecule has 0 bridgehead atoms. The lowest BCUT2D eigenvalue weighted by Crippen LogP contribution is -2.45. The van der Waals surface area contributed by atoms with Crippen molar-refractivity contribution in [3.05, 3.63) is 17.5 Å². The number of nitrogens with zero attached hydrogens (tertiary/aromatic N) is 3. The Morgan fingerprint density at radius 3 is 2.80 bits per heavy atom. The second-order valence-electron chi connectivity index (χ2n) is 4.57. The molecule has 7 heteroatoms. The smallest absolute Gasteiger partial charge is 0.294 e. The van der Waals surface area contributed by atoms with Gasteiger partial charge in [0.05, 0.1) is 13.0 Å². The SMILES string of the molecule is CCOCCC(=O)N1CCCN1C(=O)c1cc(C)on1. The highest BCUT2D eigenvalue weighted by Crippen LogP contribution is 2.16. The van der Waals surface area contributed by atoms with E-state index in [1.54, 1.807) is 13.0 Å². The summed E-state index contributed by atoms with van der Waals surface area (Å²) in [5, 5.41) is 6.61. The molecule has 1 aliphatic heterocycles. The first-order chi connectivity index (χ1) is 9.63. The number of carbonyl (C=O) groups excluding carboxylic acids is 2. The van der Waals surface area contributed by atoms with E-state index in [1.807, 2.05) is 6.92 Å². The van der Waals surface area contributed by atoms with Crippen molar-refractivity contribution in [3.63, 3.8) is 0 Å². The topological polar surface area (TPSA) is 75.9 Å². The maximum Gasteiger partial charge on any atom is 0.294 e. The first-order valence-corrected chi connectivity index (χ1v) is 6.76. The molecule has 1 fully saturated rings. The predicted molar refractivity (Wildman–Crippen MR) is 69.7 cm³/mol. The van der Waals surface area contributed by atoms with Crippen LogP contribution in [0.5, 0.6) is 0 Å². The summed E-state index contributed by atoms with van der Waals surface area (Å²) in [7, 11) is 0. The van der Waals surface area contributed by atoms with Crippen LogP contribution in [0.15, 0.2) is 10.6 Å². The van der Waals surface area contributed by atoms with E-state index in [0.29, 0.717) is 32.1 Å². The molecule has 0 aromatic carbocycles. The van der Waals surface area contributed by atoms with Crippen molar-refractivity contribution in [3.8, 4) is 0 Å². The van der Waals surface area contributed by atoms with E-state index in [-0.39, 0.29) is 23.9 Å². The van der Waals surface area contributed by atoms with E-state index in [9.17, 15) is 9.59 Å². The number of aryl methyl sites for hydroxylation is 1.